The van der Waals surface area contributed by atoms with Gasteiger partial charge >= 0.3 is 0 Å². The van der Waals surface area contributed by atoms with E-state index in [9.17, 15) is 5.11 Å². The van der Waals surface area contributed by atoms with Crippen molar-refractivity contribution in [2.24, 2.45) is 0 Å². The van der Waals surface area contributed by atoms with E-state index in [1.54, 1.807) is 12.1 Å². The van der Waals surface area contributed by atoms with E-state index in [1.165, 1.54) is 0 Å². The maximum atomic E-state index is 9.81. The predicted octanol–water partition coefficient (Wildman–Crippen LogP) is 3.24. The van der Waals surface area contributed by atoms with E-state index in [2.05, 4.69) is 19.2 Å². The highest BCUT2D eigenvalue weighted by Crippen LogP contribution is 2.26. The largest absolute Gasteiger partial charge is 0.507 e. The second-order valence-corrected chi connectivity index (χ2v) is 4.36. The van der Waals surface area contributed by atoms with E-state index >= 15 is 0 Å². The summed E-state index contributed by atoms with van der Waals surface area (Å²) in [5.74, 6) is 0.343. The fourth-order valence-corrected chi connectivity index (χ4v) is 1.66. The van der Waals surface area contributed by atoms with Crippen LogP contribution in [0, 0.1) is 6.92 Å². The minimum Gasteiger partial charge on any atom is -0.507 e. The monoisotopic (exact) mass is 227 g/mol. The van der Waals surface area contributed by atoms with Gasteiger partial charge in [-0.15, -0.1) is 0 Å². The lowest BCUT2D eigenvalue weighted by molar-refractivity contribution is 0.454. The van der Waals surface area contributed by atoms with Gasteiger partial charge in [0.25, 0.3) is 0 Å². The molecule has 1 rings (SSSR count). The van der Waals surface area contributed by atoms with Crippen LogP contribution in [0.1, 0.15) is 31.4 Å². The predicted molar refractivity (Wildman–Crippen MR) is 64.4 cm³/mol. The molecule has 0 bridgehead atoms. The fourth-order valence-electron chi connectivity index (χ4n) is 1.37. The second-order valence-electron chi connectivity index (χ2n) is 3.92. The van der Waals surface area contributed by atoms with Gasteiger partial charge in [-0.1, -0.05) is 18.5 Å². The molecule has 0 aromatic heterocycles. The summed E-state index contributed by atoms with van der Waals surface area (Å²) in [5.41, 5.74) is 1.68. The Labute approximate surface area is 96.3 Å². The number of aromatic hydroxyl groups is 1. The first-order valence-corrected chi connectivity index (χ1v) is 5.63. The highest BCUT2D eigenvalue weighted by molar-refractivity contribution is 6.30. The Hall–Kier alpha value is -0.730. The molecule has 0 spiro atoms. The number of phenolic OH excluding ortho intramolecular Hbond substituents is 1. The number of phenols is 1. The van der Waals surface area contributed by atoms with Crippen molar-refractivity contribution in [3.8, 4) is 5.75 Å². The summed E-state index contributed by atoms with van der Waals surface area (Å²) in [4.78, 5) is 0. The number of halogens is 1. The average molecular weight is 228 g/mol. The molecular formula is C12H18ClNO. The van der Waals surface area contributed by atoms with Gasteiger partial charge in [0.1, 0.15) is 5.75 Å². The van der Waals surface area contributed by atoms with Gasteiger partial charge in [-0.25, -0.2) is 0 Å². The Kier molecular flexibility index (Phi) is 4.43. The highest BCUT2D eigenvalue weighted by Gasteiger charge is 2.07. The van der Waals surface area contributed by atoms with Gasteiger partial charge in [-0.3, -0.25) is 0 Å². The molecule has 0 aliphatic rings. The molecule has 84 valence electrons. The van der Waals surface area contributed by atoms with E-state index in [1.807, 2.05) is 6.92 Å². The molecule has 15 heavy (non-hydrogen) atoms. The van der Waals surface area contributed by atoms with Crippen molar-refractivity contribution in [1.29, 1.82) is 0 Å². The standard InChI is InChI=1S/C12H18ClNO/c1-4-9(3)14-7-10-6-11(13)5-8(2)12(10)15/h5-6,9,14-15H,4,7H2,1-3H3. The molecule has 0 radical (unpaired) electrons. The van der Waals surface area contributed by atoms with Crippen molar-refractivity contribution in [3.63, 3.8) is 0 Å². The van der Waals surface area contributed by atoms with Gasteiger partial charge in [0.05, 0.1) is 0 Å². The van der Waals surface area contributed by atoms with Crippen LogP contribution >= 0.6 is 11.6 Å². The molecule has 0 aliphatic heterocycles. The molecule has 0 saturated carbocycles. The maximum Gasteiger partial charge on any atom is 0.123 e. The summed E-state index contributed by atoms with van der Waals surface area (Å²) in [7, 11) is 0. The molecule has 0 saturated heterocycles. The summed E-state index contributed by atoms with van der Waals surface area (Å²) < 4.78 is 0. The van der Waals surface area contributed by atoms with E-state index in [0.29, 0.717) is 23.4 Å². The van der Waals surface area contributed by atoms with Crippen molar-refractivity contribution in [2.75, 3.05) is 0 Å². The first-order chi connectivity index (χ1) is 7.04. The third-order valence-corrected chi connectivity index (χ3v) is 2.82. The Morgan fingerprint density at radius 3 is 2.73 bits per heavy atom. The second kappa shape index (κ2) is 5.38. The number of hydrogen-bond donors (Lipinski definition) is 2. The quantitative estimate of drug-likeness (QED) is 0.828. The van der Waals surface area contributed by atoms with Crippen LogP contribution in [0.4, 0.5) is 0 Å². The molecule has 2 nitrogen and oxygen atoms in total. The fraction of sp³-hybridized carbons (Fsp3) is 0.500. The summed E-state index contributed by atoms with van der Waals surface area (Å²) in [6, 6.07) is 4.02. The Balaban J connectivity index is 2.76. The van der Waals surface area contributed by atoms with Crippen molar-refractivity contribution < 1.29 is 5.11 Å². The van der Waals surface area contributed by atoms with Crippen LogP contribution in [-0.4, -0.2) is 11.1 Å². The van der Waals surface area contributed by atoms with Crippen molar-refractivity contribution >= 4 is 11.6 Å². The lowest BCUT2D eigenvalue weighted by atomic mass is 10.1. The molecule has 0 amide bonds. The zero-order chi connectivity index (χ0) is 11.4. The number of aryl methyl sites for hydroxylation is 1. The summed E-state index contributed by atoms with van der Waals surface area (Å²) in [6.07, 6.45) is 1.07. The first kappa shape index (κ1) is 12.3. The Morgan fingerprint density at radius 2 is 2.13 bits per heavy atom. The average Bonchev–Trinajstić information content (AvgIpc) is 2.20. The van der Waals surface area contributed by atoms with E-state index in [0.717, 1.165) is 17.5 Å². The molecule has 3 heteroatoms. The lowest BCUT2D eigenvalue weighted by Gasteiger charge is -2.13. The normalized spacial score (nSPS) is 12.8. The van der Waals surface area contributed by atoms with E-state index in [-0.39, 0.29) is 0 Å². The molecular weight excluding hydrogens is 210 g/mol. The van der Waals surface area contributed by atoms with Gasteiger partial charge in [0, 0.05) is 23.2 Å². The van der Waals surface area contributed by atoms with Gasteiger partial charge in [-0.05, 0) is 38.0 Å². The van der Waals surface area contributed by atoms with Crippen LogP contribution in [-0.2, 0) is 6.54 Å². The number of nitrogens with one attached hydrogen (secondary N) is 1. The van der Waals surface area contributed by atoms with E-state index in [4.69, 9.17) is 11.6 Å². The molecule has 0 fully saturated rings. The van der Waals surface area contributed by atoms with Gasteiger partial charge < -0.3 is 10.4 Å². The lowest BCUT2D eigenvalue weighted by Crippen LogP contribution is -2.24. The molecule has 1 unspecified atom stereocenters. The van der Waals surface area contributed by atoms with Crippen LogP contribution < -0.4 is 5.32 Å². The SMILES string of the molecule is CCC(C)NCc1cc(Cl)cc(C)c1O. The molecule has 0 aliphatic carbocycles. The van der Waals surface area contributed by atoms with Crippen LogP contribution in [0.3, 0.4) is 0 Å². The van der Waals surface area contributed by atoms with E-state index < -0.39 is 0 Å². The Bertz CT molecular complexity index is 339. The zero-order valence-electron chi connectivity index (χ0n) is 9.47. The van der Waals surface area contributed by atoms with Gasteiger partial charge in [0.15, 0.2) is 0 Å². The van der Waals surface area contributed by atoms with Crippen LogP contribution in [0.2, 0.25) is 5.02 Å². The maximum absolute atomic E-state index is 9.81. The number of rotatable bonds is 4. The smallest absolute Gasteiger partial charge is 0.123 e. The van der Waals surface area contributed by atoms with Gasteiger partial charge in [0.2, 0.25) is 0 Å². The molecule has 1 aromatic carbocycles. The molecule has 1 aromatic rings. The van der Waals surface area contributed by atoms with Crippen LogP contribution in [0.5, 0.6) is 5.75 Å². The van der Waals surface area contributed by atoms with Crippen LogP contribution in [0.15, 0.2) is 12.1 Å². The number of benzene rings is 1. The first-order valence-electron chi connectivity index (χ1n) is 5.26. The summed E-state index contributed by atoms with van der Waals surface area (Å²) >= 11 is 5.93. The van der Waals surface area contributed by atoms with Crippen molar-refractivity contribution in [1.82, 2.24) is 5.32 Å². The topological polar surface area (TPSA) is 32.3 Å². The molecule has 2 N–H and O–H groups in total. The molecule has 1 atom stereocenters. The van der Waals surface area contributed by atoms with Crippen molar-refractivity contribution in [3.05, 3.63) is 28.3 Å². The summed E-state index contributed by atoms with van der Waals surface area (Å²) in [6.45, 7) is 6.76. The number of hydrogen-bond acceptors (Lipinski definition) is 2. The molecule has 0 heterocycles. The minimum atomic E-state index is 0.343. The third kappa shape index (κ3) is 3.40. The summed E-state index contributed by atoms with van der Waals surface area (Å²) in [5, 5.41) is 13.8. The third-order valence-electron chi connectivity index (χ3n) is 2.60. The van der Waals surface area contributed by atoms with Gasteiger partial charge in [-0.2, -0.15) is 0 Å². The minimum absolute atomic E-state index is 0.343. The highest BCUT2D eigenvalue weighted by atomic mass is 35.5. The van der Waals surface area contributed by atoms with Crippen LogP contribution in [0.25, 0.3) is 0 Å². The Morgan fingerprint density at radius 1 is 1.47 bits per heavy atom. The zero-order valence-corrected chi connectivity index (χ0v) is 10.2. The van der Waals surface area contributed by atoms with Crippen molar-refractivity contribution in [2.45, 2.75) is 39.8 Å².